The Hall–Kier alpha value is -3.11. The molecule has 4 heteroatoms. The van der Waals surface area contributed by atoms with E-state index in [-0.39, 0.29) is 0 Å². The number of methoxy groups -OCH3 is 1. The van der Waals surface area contributed by atoms with Gasteiger partial charge in [-0.2, -0.15) is 0 Å². The fraction of sp³-hybridized carbons (Fsp3) is 0.240. The minimum absolute atomic E-state index is 0.784. The Kier molecular flexibility index (Phi) is 5.63. The molecule has 4 aromatic rings. The summed E-state index contributed by atoms with van der Waals surface area (Å²) in [5.41, 5.74) is 5.42. The zero-order chi connectivity index (χ0) is 20.2. The van der Waals surface area contributed by atoms with Gasteiger partial charge in [-0.05, 0) is 43.8 Å². The molecular formula is C25H26N2O2. The van der Waals surface area contributed by atoms with Crippen LogP contribution in [0.25, 0.3) is 22.1 Å². The first-order chi connectivity index (χ1) is 14.2. The topological polar surface area (TPSA) is 38.5 Å². The molecule has 0 radical (unpaired) electrons. The number of aryl methyl sites for hydroxylation is 1. The first-order valence-corrected chi connectivity index (χ1v) is 9.89. The number of pyridine rings is 1. The van der Waals surface area contributed by atoms with Crippen molar-refractivity contribution in [1.82, 2.24) is 9.88 Å². The van der Waals surface area contributed by atoms with Crippen molar-refractivity contribution in [3.8, 4) is 16.9 Å². The molecule has 0 saturated heterocycles. The lowest BCUT2D eigenvalue weighted by molar-refractivity contribution is 0.320. The van der Waals surface area contributed by atoms with E-state index in [4.69, 9.17) is 9.15 Å². The van der Waals surface area contributed by atoms with Crippen LogP contribution in [-0.2, 0) is 13.0 Å². The molecular weight excluding hydrogens is 360 g/mol. The lowest BCUT2D eigenvalue weighted by Gasteiger charge is -2.18. The molecule has 0 aliphatic rings. The van der Waals surface area contributed by atoms with Crippen LogP contribution in [0.5, 0.6) is 5.75 Å². The Labute approximate surface area is 171 Å². The molecule has 0 bridgehead atoms. The molecule has 2 heterocycles. The molecule has 0 aliphatic heterocycles. The molecule has 4 rings (SSSR count). The Morgan fingerprint density at radius 2 is 1.83 bits per heavy atom. The van der Waals surface area contributed by atoms with Gasteiger partial charge >= 0.3 is 0 Å². The van der Waals surface area contributed by atoms with Crippen molar-refractivity contribution in [3.05, 3.63) is 83.9 Å². The lowest BCUT2D eigenvalue weighted by Crippen LogP contribution is -2.21. The fourth-order valence-electron chi connectivity index (χ4n) is 3.79. The van der Waals surface area contributed by atoms with Crippen LogP contribution in [-0.4, -0.2) is 30.6 Å². The number of rotatable bonds is 7. The molecule has 0 spiro atoms. The summed E-state index contributed by atoms with van der Waals surface area (Å²) < 4.78 is 11.9. The maximum absolute atomic E-state index is 6.12. The maximum atomic E-state index is 6.12. The third-order valence-electron chi connectivity index (χ3n) is 5.25. The van der Waals surface area contributed by atoms with Gasteiger partial charge in [0.1, 0.15) is 17.1 Å². The number of hydrogen-bond acceptors (Lipinski definition) is 4. The molecule has 0 atom stereocenters. The van der Waals surface area contributed by atoms with Gasteiger partial charge in [0.25, 0.3) is 0 Å². The van der Waals surface area contributed by atoms with Gasteiger partial charge in [0.15, 0.2) is 0 Å². The van der Waals surface area contributed by atoms with E-state index < -0.39 is 0 Å². The Bertz CT molecular complexity index is 1090. The second-order valence-corrected chi connectivity index (χ2v) is 7.37. The highest BCUT2D eigenvalue weighted by molar-refractivity contribution is 5.97. The number of benzene rings is 2. The van der Waals surface area contributed by atoms with Gasteiger partial charge in [-0.25, -0.2) is 0 Å². The summed E-state index contributed by atoms with van der Waals surface area (Å²) >= 11 is 0. The van der Waals surface area contributed by atoms with Crippen LogP contribution in [0.4, 0.5) is 0 Å². The minimum Gasteiger partial charge on any atom is -0.496 e. The van der Waals surface area contributed by atoms with Gasteiger partial charge < -0.3 is 14.1 Å². The molecule has 2 aromatic carbocycles. The van der Waals surface area contributed by atoms with E-state index in [0.717, 1.165) is 64.4 Å². The van der Waals surface area contributed by atoms with Crippen molar-refractivity contribution >= 4 is 11.0 Å². The van der Waals surface area contributed by atoms with Crippen LogP contribution in [0.3, 0.4) is 0 Å². The molecule has 0 amide bonds. The number of ether oxygens (including phenoxy) is 1. The van der Waals surface area contributed by atoms with Crippen LogP contribution >= 0.6 is 0 Å². The first kappa shape index (κ1) is 19.2. The SMILES string of the molecule is COc1cc2c(-c3ccccc3)c(C)oc2cc1CN(C)CCc1ccccn1. The van der Waals surface area contributed by atoms with Gasteiger partial charge in [-0.15, -0.1) is 0 Å². The maximum Gasteiger partial charge on any atom is 0.135 e. The summed E-state index contributed by atoms with van der Waals surface area (Å²) in [6.07, 6.45) is 2.76. The first-order valence-electron chi connectivity index (χ1n) is 9.89. The zero-order valence-corrected chi connectivity index (χ0v) is 17.2. The molecule has 0 saturated carbocycles. The highest BCUT2D eigenvalue weighted by Gasteiger charge is 2.17. The van der Waals surface area contributed by atoms with E-state index in [2.05, 4.69) is 59.4 Å². The van der Waals surface area contributed by atoms with Crippen molar-refractivity contribution in [2.45, 2.75) is 19.9 Å². The molecule has 4 nitrogen and oxygen atoms in total. The van der Waals surface area contributed by atoms with E-state index in [0.29, 0.717) is 0 Å². The minimum atomic E-state index is 0.784. The molecule has 0 N–H and O–H groups in total. The van der Waals surface area contributed by atoms with E-state index >= 15 is 0 Å². The summed E-state index contributed by atoms with van der Waals surface area (Å²) in [5.74, 6) is 1.81. The Balaban J connectivity index is 1.60. The molecule has 148 valence electrons. The third kappa shape index (κ3) is 4.17. The third-order valence-corrected chi connectivity index (χ3v) is 5.25. The monoisotopic (exact) mass is 386 g/mol. The van der Waals surface area contributed by atoms with Crippen molar-refractivity contribution in [2.75, 3.05) is 20.7 Å². The average molecular weight is 386 g/mol. The summed E-state index contributed by atoms with van der Waals surface area (Å²) in [6.45, 7) is 3.73. The number of aromatic nitrogens is 1. The zero-order valence-electron chi connectivity index (χ0n) is 17.2. The van der Waals surface area contributed by atoms with Crippen LogP contribution in [0.1, 0.15) is 17.0 Å². The number of fused-ring (bicyclic) bond motifs is 1. The number of furan rings is 1. The van der Waals surface area contributed by atoms with Gasteiger partial charge in [0, 0.05) is 47.9 Å². The summed E-state index contributed by atoms with van der Waals surface area (Å²) in [5, 5.41) is 1.09. The summed E-state index contributed by atoms with van der Waals surface area (Å²) in [6, 6.07) is 20.6. The lowest BCUT2D eigenvalue weighted by atomic mass is 10.0. The van der Waals surface area contributed by atoms with Crippen molar-refractivity contribution in [3.63, 3.8) is 0 Å². The molecule has 2 aromatic heterocycles. The number of likely N-dealkylation sites (N-methyl/N-ethyl adjacent to an activating group) is 1. The second kappa shape index (κ2) is 8.50. The summed E-state index contributed by atoms with van der Waals surface area (Å²) in [4.78, 5) is 6.69. The number of hydrogen-bond donors (Lipinski definition) is 0. The van der Waals surface area contributed by atoms with Crippen LogP contribution in [0, 0.1) is 6.92 Å². The Morgan fingerprint density at radius 1 is 1.03 bits per heavy atom. The second-order valence-electron chi connectivity index (χ2n) is 7.37. The average Bonchev–Trinajstić information content (AvgIpc) is 3.07. The van der Waals surface area contributed by atoms with E-state index in [9.17, 15) is 0 Å². The smallest absolute Gasteiger partial charge is 0.135 e. The number of nitrogens with zero attached hydrogens (tertiary/aromatic N) is 2. The van der Waals surface area contributed by atoms with Crippen LogP contribution in [0.15, 0.2) is 71.3 Å². The van der Waals surface area contributed by atoms with Gasteiger partial charge in [0.05, 0.1) is 7.11 Å². The normalized spacial score (nSPS) is 11.3. The van der Waals surface area contributed by atoms with E-state index in [1.807, 2.05) is 31.3 Å². The highest BCUT2D eigenvalue weighted by Crippen LogP contribution is 2.38. The molecule has 0 aliphatic carbocycles. The van der Waals surface area contributed by atoms with Crippen LogP contribution in [0.2, 0.25) is 0 Å². The van der Waals surface area contributed by atoms with Gasteiger partial charge in [-0.1, -0.05) is 36.4 Å². The summed E-state index contributed by atoms with van der Waals surface area (Å²) in [7, 11) is 3.85. The van der Waals surface area contributed by atoms with Gasteiger partial charge in [0.2, 0.25) is 0 Å². The quantitative estimate of drug-likeness (QED) is 0.421. The fourth-order valence-corrected chi connectivity index (χ4v) is 3.79. The van der Waals surface area contributed by atoms with Crippen molar-refractivity contribution in [2.24, 2.45) is 0 Å². The van der Waals surface area contributed by atoms with Crippen LogP contribution < -0.4 is 4.74 Å². The highest BCUT2D eigenvalue weighted by atomic mass is 16.5. The van der Waals surface area contributed by atoms with Crippen molar-refractivity contribution < 1.29 is 9.15 Å². The standard InChI is InChI=1S/C25H26N2O2/c1-18-25(19-9-5-4-6-10-19)22-16-23(28-3)20(15-24(22)29-18)17-27(2)14-12-21-11-7-8-13-26-21/h4-11,13,15-16H,12,14,17H2,1-3H3. The molecule has 0 fully saturated rings. The van der Waals surface area contributed by atoms with E-state index in [1.54, 1.807) is 7.11 Å². The van der Waals surface area contributed by atoms with E-state index in [1.165, 1.54) is 0 Å². The predicted molar refractivity (Wildman–Crippen MR) is 117 cm³/mol. The molecule has 29 heavy (non-hydrogen) atoms. The predicted octanol–water partition coefficient (Wildman–Crippen LogP) is 5.49. The molecule has 0 unspecified atom stereocenters. The van der Waals surface area contributed by atoms with Gasteiger partial charge in [-0.3, -0.25) is 4.98 Å². The Morgan fingerprint density at radius 3 is 2.55 bits per heavy atom. The largest absolute Gasteiger partial charge is 0.496 e. The van der Waals surface area contributed by atoms with Crippen molar-refractivity contribution in [1.29, 1.82) is 0 Å².